The molecule has 33 heavy (non-hydrogen) atoms. The molecule has 0 bridgehead atoms. The van der Waals surface area contributed by atoms with Crippen molar-refractivity contribution >= 4 is 16.7 Å². The number of rotatable bonds is 7. The Labute approximate surface area is 193 Å². The third kappa shape index (κ3) is 4.46. The molecular formula is C26H29N5O2. The normalized spacial score (nSPS) is 15.3. The number of piperidine rings is 1. The molecule has 0 atom stereocenters. The van der Waals surface area contributed by atoms with E-state index in [4.69, 9.17) is 4.52 Å². The molecule has 1 saturated heterocycles. The number of hydrogen-bond acceptors (Lipinski definition) is 6. The van der Waals surface area contributed by atoms with Crippen molar-refractivity contribution in [2.75, 3.05) is 19.6 Å². The predicted octanol–water partition coefficient (Wildman–Crippen LogP) is 4.87. The van der Waals surface area contributed by atoms with Crippen LogP contribution in [-0.4, -0.2) is 50.0 Å². The molecule has 0 amide bonds. The Balaban J connectivity index is 1.16. The first-order valence-electron chi connectivity index (χ1n) is 11.7. The number of fused-ring (bicyclic) bond motifs is 1. The lowest BCUT2D eigenvalue weighted by atomic mass is 9.96. The third-order valence-corrected chi connectivity index (χ3v) is 6.67. The summed E-state index contributed by atoms with van der Waals surface area (Å²) in [5.41, 5.74) is 4.15. The van der Waals surface area contributed by atoms with Gasteiger partial charge in [-0.25, -0.2) is 0 Å². The number of carbonyl (C=O) groups is 1. The second-order valence-corrected chi connectivity index (χ2v) is 8.93. The maximum absolute atomic E-state index is 12.1. The van der Waals surface area contributed by atoms with Gasteiger partial charge in [-0.1, -0.05) is 23.4 Å². The summed E-state index contributed by atoms with van der Waals surface area (Å²) in [4.78, 5) is 23.3. The van der Waals surface area contributed by atoms with E-state index in [0.29, 0.717) is 11.7 Å². The molecule has 170 valence electrons. The summed E-state index contributed by atoms with van der Waals surface area (Å²) in [5, 5.41) is 5.22. The molecule has 4 aromatic rings. The van der Waals surface area contributed by atoms with Crippen molar-refractivity contribution in [3.63, 3.8) is 0 Å². The molecule has 0 radical (unpaired) electrons. The smallest absolute Gasteiger partial charge is 0.230 e. The lowest BCUT2D eigenvalue weighted by Crippen LogP contribution is -2.34. The van der Waals surface area contributed by atoms with Gasteiger partial charge in [0.25, 0.3) is 0 Å². The van der Waals surface area contributed by atoms with Crippen LogP contribution in [0, 0.1) is 6.92 Å². The van der Waals surface area contributed by atoms with E-state index in [1.165, 1.54) is 11.1 Å². The first-order chi connectivity index (χ1) is 16.1. The average Bonchev–Trinajstić information content (AvgIpc) is 3.47. The van der Waals surface area contributed by atoms with Crippen molar-refractivity contribution < 1.29 is 9.32 Å². The molecule has 0 unspecified atom stereocenters. The fraction of sp³-hybridized carbons (Fsp3) is 0.385. The van der Waals surface area contributed by atoms with E-state index in [-0.39, 0.29) is 5.78 Å². The lowest BCUT2D eigenvalue weighted by Gasteiger charge is -2.30. The van der Waals surface area contributed by atoms with Gasteiger partial charge in [-0.2, -0.15) is 4.98 Å². The Morgan fingerprint density at radius 3 is 2.67 bits per heavy atom. The number of pyridine rings is 1. The molecule has 0 aliphatic carbocycles. The minimum atomic E-state index is 0.125. The molecular weight excluding hydrogens is 414 g/mol. The fourth-order valence-corrected chi connectivity index (χ4v) is 4.89. The number of carbonyl (C=O) groups excluding carboxylic acids is 1. The number of nitrogens with zero attached hydrogens (tertiary/aromatic N) is 5. The van der Waals surface area contributed by atoms with E-state index < -0.39 is 0 Å². The number of benzene rings is 1. The molecule has 4 heterocycles. The highest BCUT2D eigenvalue weighted by Gasteiger charge is 2.25. The van der Waals surface area contributed by atoms with Crippen molar-refractivity contribution in [2.24, 2.45) is 0 Å². The molecule has 7 nitrogen and oxygen atoms in total. The zero-order chi connectivity index (χ0) is 22.8. The Morgan fingerprint density at radius 1 is 1.12 bits per heavy atom. The quantitative estimate of drug-likeness (QED) is 0.379. The van der Waals surface area contributed by atoms with Crippen LogP contribution in [0.25, 0.3) is 22.3 Å². The molecule has 5 rings (SSSR count). The average molecular weight is 444 g/mol. The number of aromatic nitrogens is 4. The lowest BCUT2D eigenvalue weighted by molar-refractivity contribution is 0.101. The summed E-state index contributed by atoms with van der Waals surface area (Å²) >= 11 is 0. The highest BCUT2D eigenvalue weighted by molar-refractivity contribution is 6.07. The summed E-state index contributed by atoms with van der Waals surface area (Å²) in [7, 11) is 0. The van der Waals surface area contributed by atoms with Crippen molar-refractivity contribution in [1.82, 2.24) is 24.6 Å². The van der Waals surface area contributed by atoms with Gasteiger partial charge in [-0.05, 0) is 70.4 Å². The Morgan fingerprint density at radius 2 is 1.91 bits per heavy atom. The van der Waals surface area contributed by atoms with Crippen LogP contribution in [0.15, 0.2) is 53.4 Å². The van der Waals surface area contributed by atoms with Crippen LogP contribution in [0.2, 0.25) is 0 Å². The van der Waals surface area contributed by atoms with Crippen LogP contribution in [0.3, 0.4) is 0 Å². The second kappa shape index (κ2) is 9.27. The Kier molecular flexibility index (Phi) is 6.05. The van der Waals surface area contributed by atoms with Crippen molar-refractivity contribution in [3.05, 3.63) is 65.9 Å². The van der Waals surface area contributed by atoms with Gasteiger partial charge in [-0.3, -0.25) is 9.78 Å². The van der Waals surface area contributed by atoms with Crippen LogP contribution < -0.4 is 0 Å². The molecule has 7 heteroatoms. The van der Waals surface area contributed by atoms with E-state index in [9.17, 15) is 4.79 Å². The van der Waals surface area contributed by atoms with Gasteiger partial charge < -0.3 is 14.0 Å². The topological polar surface area (TPSA) is 77.1 Å². The highest BCUT2D eigenvalue weighted by atomic mass is 16.5. The maximum Gasteiger partial charge on any atom is 0.230 e. The molecule has 1 aromatic carbocycles. The number of Topliss-reactive ketones (excluding diaryl/α,β-unsaturated/α-hetero) is 1. The molecule has 0 spiro atoms. The van der Waals surface area contributed by atoms with Gasteiger partial charge in [0.05, 0.1) is 5.52 Å². The van der Waals surface area contributed by atoms with Crippen molar-refractivity contribution in [1.29, 1.82) is 0 Å². The zero-order valence-corrected chi connectivity index (χ0v) is 19.2. The van der Waals surface area contributed by atoms with Crippen molar-refractivity contribution in [3.8, 4) is 11.4 Å². The molecule has 0 saturated carbocycles. The van der Waals surface area contributed by atoms with E-state index >= 15 is 0 Å². The van der Waals surface area contributed by atoms with Gasteiger partial charge in [0.2, 0.25) is 11.7 Å². The van der Waals surface area contributed by atoms with Gasteiger partial charge >= 0.3 is 0 Å². The Bertz CT molecular complexity index is 1250. The van der Waals surface area contributed by atoms with Crippen LogP contribution in [-0.2, 0) is 6.54 Å². The molecule has 1 fully saturated rings. The standard InChI is InChI=1S/C26H29N5O2/c1-18-5-3-6-22-23(19(2)32)17-31(24(18)22)14-4-13-30-15-9-21(10-16-30)26-28-25(29-33-26)20-7-11-27-12-8-20/h3,5-8,11-12,17,21H,4,9-10,13-16H2,1-2H3. The van der Waals surface area contributed by atoms with Gasteiger partial charge in [0.1, 0.15) is 0 Å². The maximum atomic E-state index is 12.1. The molecule has 0 N–H and O–H groups in total. The van der Waals surface area contributed by atoms with Gasteiger partial charge in [0.15, 0.2) is 5.78 Å². The Hall–Kier alpha value is -3.32. The van der Waals surface area contributed by atoms with Gasteiger partial charge in [-0.15, -0.1) is 0 Å². The number of likely N-dealkylation sites (tertiary alicyclic amines) is 1. The number of ketones is 1. The van der Waals surface area contributed by atoms with Crippen LogP contribution in [0.4, 0.5) is 0 Å². The van der Waals surface area contributed by atoms with E-state index in [2.05, 4.69) is 43.6 Å². The predicted molar refractivity (Wildman–Crippen MR) is 127 cm³/mol. The minimum absolute atomic E-state index is 0.125. The van der Waals surface area contributed by atoms with Crippen LogP contribution in [0.5, 0.6) is 0 Å². The van der Waals surface area contributed by atoms with E-state index in [1.807, 2.05) is 24.4 Å². The van der Waals surface area contributed by atoms with Crippen LogP contribution in [0.1, 0.15) is 53.9 Å². The first kappa shape index (κ1) is 21.5. The summed E-state index contributed by atoms with van der Waals surface area (Å²) in [6.07, 6.45) is 8.61. The monoisotopic (exact) mass is 443 g/mol. The molecule has 3 aromatic heterocycles. The zero-order valence-electron chi connectivity index (χ0n) is 19.2. The highest BCUT2D eigenvalue weighted by Crippen LogP contribution is 2.29. The van der Waals surface area contributed by atoms with E-state index in [1.54, 1.807) is 19.3 Å². The molecule has 1 aliphatic rings. The summed E-state index contributed by atoms with van der Waals surface area (Å²) < 4.78 is 7.83. The fourth-order valence-electron chi connectivity index (χ4n) is 4.89. The number of aryl methyl sites for hydroxylation is 2. The largest absolute Gasteiger partial charge is 0.346 e. The summed E-state index contributed by atoms with van der Waals surface area (Å²) in [6, 6.07) is 9.99. The van der Waals surface area contributed by atoms with E-state index in [0.717, 1.165) is 67.8 Å². The number of hydrogen-bond donors (Lipinski definition) is 0. The number of para-hydroxylation sites is 1. The molecule has 1 aliphatic heterocycles. The first-order valence-corrected chi connectivity index (χ1v) is 11.7. The second-order valence-electron chi connectivity index (χ2n) is 8.93. The van der Waals surface area contributed by atoms with Crippen molar-refractivity contribution in [2.45, 2.75) is 45.6 Å². The SMILES string of the molecule is CC(=O)c1cn(CCCN2CCC(c3nc(-c4ccncc4)no3)CC2)c2c(C)cccc12. The van der Waals surface area contributed by atoms with Gasteiger partial charge in [0, 0.05) is 47.6 Å². The minimum Gasteiger partial charge on any atom is -0.346 e. The summed E-state index contributed by atoms with van der Waals surface area (Å²) in [5.74, 6) is 1.82. The summed E-state index contributed by atoms with van der Waals surface area (Å²) in [6.45, 7) is 7.77. The third-order valence-electron chi connectivity index (χ3n) is 6.67. The van der Waals surface area contributed by atoms with Crippen LogP contribution >= 0.6 is 0 Å².